The summed E-state index contributed by atoms with van der Waals surface area (Å²) < 4.78 is 5.33. The molecule has 1 aliphatic heterocycles. The zero-order valence-electron chi connectivity index (χ0n) is 10.9. The monoisotopic (exact) mass is 245 g/mol. The molecule has 1 atom stereocenters. The second-order valence-electron chi connectivity index (χ2n) is 5.68. The predicted octanol–water partition coefficient (Wildman–Crippen LogP) is 2.77. The van der Waals surface area contributed by atoms with Gasteiger partial charge in [-0.15, -0.1) is 0 Å². The van der Waals surface area contributed by atoms with Crippen LogP contribution in [0.1, 0.15) is 26.7 Å². The summed E-state index contributed by atoms with van der Waals surface area (Å²) in [5.74, 6) is 0. The Labute approximate surface area is 107 Å². The minimum Gasteiger partial charge on any atom is -0.443 e. The van der Waals surface area contributed by atoms with E-state index in [9.17, 15) is 0 Å². The first-order valence-corrected chi connectivity index (χ1v) is 6.47. The Morgan fingerprint density at radius 2 is 2.33 bits per heavy atom. The molecular weight excluding hydrogens is 226 g/mol. The summed E-state index contributed by atoms with van der Waals surface area (Å²) in [6.45, 7) is 5.57. The van der Waals surface area contributed by atoms with Crippen molar-refractivity contribution < 1.29 is 4.42 Å². The van der Waals surface area contributed by atoms with Crippen LogP contribution >= 0.6 is 0 Å². The lowest BCUT2D eigenvalue weighted by atomic mass is 9.89. The molecule has 18 heavy (non-hydrogen) atoms. The summed E-state index contributed by atoms with van der Waals surface area (Å²) in [5, 5.41) is 7.12. The molecule has 4 heteroatoms. The maximum absolute atomic E-state index is 5.33. The van der Waals surface area contributed by atoms with E-state index in [1.807, 2.05) is 12.1 Å². The molecule has 2 N–H and O–H groups in total. The molecule has 3 rings (SSSR count). The van der Waals surface area contributed by atoms with Crippen molar-refractivity contribution in [2.24, 2.45) is 0 Å². The van der Waals surface area contributed by atoms with Gasteiger partial charge >= 0.3 is 0 Å². The third-order valence-electron chi connectivity index (χ3n) is 3.56. The number of piperidine rings is 1. The molecule has 2 aromatic rings. The normalized spacial score (nSPS) is 23.1. The van der Waals surface area contributed by atoms with Crippen molar-refractivity contribution in [2.45, 2.75) is 38.3 Å². The molecule has 0 spiro atoms. The van der Waals surface area contributed by atoms with Crippen LogP contribution in [0.4, 0.5) is 5.69 Å². The second kappa shape index (κ2) is 4.28. The topological polar surface area (TPSA) is 50.1 Å². The van der Waals surface area contributed by atoms with E-state index in [1.165, 1.54) is 6.39 Å². The number of benzene rings is 1. The van der Waals surface area contributed by atoms with Crippen LogP contribution in [0.3, 0.4) is 0 Å². The van der Waals surface area contributed by atoms with Gasteiger partial charge in [-0.25, -0.2) is 4.98 Å². The van der Waals surface area contributed by atoms with Gasteiger partial charge in [-0.05, 0) is 45.4 Å². The van der Waals surface area contributed by atoms with Crippen LogP contribution in [-0.4, -0.2) is 23.1 Å². The smallest absolute Gasteiger partial charge is 0.181 e. The maximum atomic E-state index is 5.33. The molecule has 0 bridgehead atoms. The maximum Gasteiger partial charge on any atom is 0.181 e. The van der Waals surface area contributed by atoms with Gasteiger partial charge in [0.2, 0.25) is 0 Å². The molecule has 1 aliphatic rings. The number of oxazole rings is 1. The standard InChI is InChI=1S/C14H19N3O/c1-14(2)8-11(5-6-16-14)17-10-3-4-12-13(7-10)18-9-15-12/h3-4,7,9,11,16-17H,5-6,8H2,1-2H3. The molecule has 1 aromatic carbocycles. The fourth-order valence-electron chi connectivity index (χ4n) is 2.68. The van der Waals surface area contributed by atoms with Crippen LogP contribution in [0, 0.1) is 0 Å². The van der Waals surface area contributed by atoms with Crippen LogP contribution in [0.5, 0.6) is 0 Å². The SMILES string of the molecule is CC1(C)CC(Nc2ccc3ncoc3c2)CCN1. The molecule has 0 radical (unpaired) electrons. The lowest BCUT2D eigenvalue weighted by molar-refractivity contribution is 0.286. The molecule has 4 nitrogen and oxygen atoms in total. The molecule has 1 saturated heterocycles. The van der Waals surface area contributed by atoms with E-state index < -0.39 is 0 Å². The van der Waals surface area contributed by atoms with Gasteiger partial charge in [-0.1, -0.05) is 0 Å². The molecule has 1 unspecified atom stereocenters. The molecule has 1 aromatic heterocycles. The van der Waals surface area contributed by atoms with Crippen LogP contribution in [0.2, 0.25) is 0 Å². The Hall–Kier alpha value is -1.55. The molecule has 0 aliphatic carbocycles. The van der Waals surface area contributed by atoms with Gasteiger partial charge in [-0.3, -0.25) is 0 Å². The second-order valence-corrected chi connectivity index (χ2v) is 5.68. The first kappa shape index (κ1) is 11.5. The zero-order valence-corrected chi connectivity index (χ0v) is 10.9. The number of nitrogens with one attached hydrogen (secondary N) is 2. The fourth-order valence-corrected chi connectivity index (χ4v) is 2.68. The van der Waals surface area contributed by atoms with Crippen molar-refractivity contribution in [1.82, 2.24) is 10.3 Å². The van der Waals surface area contributed by atoms with Crippen molar-refractivity contribution in [3.05, 3.63) is 24.6 Å². The summed E-state index contributed by atoms with van der Waals surface area (Å²) in [6, 6.07) is 6.60. The van der Waals surface area contributed by atoms with E-state index in [0.29, 0.717) is 6.04 Å². The summed E-state index contributed by atoms with van der Waals surface area (Å²) >= 11 is 0. The Bertz CT molecular complexity index is 547. The van der Waals surface area contributed by atoms with Crippen molar-refractivity contribution in [3.63, 3.8) is 0 Å². The number of rotatable bonds is 2. The average Bonchev–Trinajstić information content (AvgIpc) is 2.74. The van der Waals surface area contributed by atoms with Gasteiger partial charge in [0.05, 0.1) is 0 Å². The minimum absolute atomic E-state index is 0.215. The van der Waals surface area contributed by atoms with Gasteiger partial charge in [0.15, 0.2) is 12.0 Å². The van der Waals surface area contributed by atoms with E-state index in [-0.39, 0.29) is 5.54 Å². The largest absolute Gasteiger partial charge is 0.443 e. The third kappa shape index (κ3) is 2.34. The van der Waals surface area contributed by atoms with Gasteiger partial charge < -0.3 is 15.1 Å². The molecular formula is C14H19N3O. The molecule has 1 fully saturated rings. The van der Waals surface area contributed by atoms with E-state index in [0.717, 1.165) is 36.2 Å². The number of fused-ring (bicyclic) bond motifs is 1. The summed E-state index contributed by atoms with van der Waals surface area (Å²) in [5.41, 5.74) is 3.08. The van der Waals surface area contributed by atoms with E-state index in [2.05, 4.69) is 35.5 Å². The average molecular weight is 245 g/mol. The Morgan fingerprint density at radius 1 is 1.44 bits per heavy atom. The highest BCUT2D eigenvalue weighted by Gasteiger charge is 2.27. The summed E-state index contributed by atoms with van der Waals surface area (Å²) in [7, 11) is 0. The van der Waals surface area contributed by atoms with Crippen molar-refractivity contribution in [3.8, 4) is 0 Å². The molecule has 2 heterocycles. The number of nitrogens with zero attached hydrogens (tertiary/aromatic N) is 1. The number of anilines is 1. The van der Waals surface area contributed by atoms with Gasteiger partial charge in [0.25, 0.3) is 0 Å². The predicted molar refractivity (Wildman–Crippen MR) is 72.7 cm³/mol. The quantitative estimate of drug-likeness (QED) is 0.854. The molecule has 0 saturated carbocycles. The molecule has 0 amide bonds. The Morgan fingerprint density at radius 3 is 3.17 bits per heavy atom. The highest BCUT2D eigenvalue weighted by molar-refractivity contribution is 5.76. The van der Waals surface area contributed by atoms with Crippen molar-refractivity contribution in [2.75, 3.05) is 11.9 Å². The van der Waals surface area contributed by atoms with E-state index in [1.54, 1.807) is 0 Å². The van der Waals surface area contributed by atoms with Crippen LogP contribution < -0.4 is 10.6 Å². The zero-order chi connectivity index (χ0) is 12.6. The van der Waals surface area contributed by atoms with Gasteiger partial charge in [0, 0.05) is 23.3 Å². The van der Waals surface area contributed by atoms with Crippen molar-refractivity contribution in [1.29, 1.82) is 0 Å². The van der Waals surface area contributed by atoms with Crippen LogP contribution in [-0.2, 0) is 0 Å². The first-order valence-electron chi connectivity index (χ1n) is 6.47. The first-order chi connectivity index (χ1) is 8.62. The Balaban J connectivity index is 1.75. The van der Waals surface area contributed by atoms with E-state index in [4.69, 9.17) is 4.42 Å². The fraction of sp³-hybridized carbons (Fsp3) is 0.500. The minimum atomic E-state index is 0.215. The van der Waals surface area contributed by atoms with Gasteiger partial charge in [-0.2, -0.15) is 0 Å². The lowest BCUT2D eigenvalue weighted by Gasteiger charge is -2.37. The number of hydrogen-bond donors (Lipinski definition) is 2. The summed E-state index contributed by atoms with van der Waals surface area (Å²) in [4.78, 5) is 4.13. The van der Waals surface area contributed by atoms with Crippen molar-refractivity contribution >= 4 is 16.8 Å². The van der Waals surface area contributed by atoms with E-state index >= 15 is 0 Å². The Kier molecular flexibility index (Phi) is 2.74. The molecule has 96 valence electrons. The number of aromatic nitrogens is 1. The highest BCUT2D eigenvalue weighted by Crippen LogP contribution is 2.24. The summed E-state index contributed by atoms with van der Waals surface area (Å²) in [6.07, 6.45) is 3.77. The lowest BCUT2D eigenvalue weighted by Crippen LogP contribution is -2.49. The highest BCUT2D eigenvalue weighted by atomic mass is 16.3. The van der Waals surface area contributed by atoms with Crippen LogP contribution in [0.25, 0.3) is 11.1 Å². The van der Waals surface area contributed by atoms with Crippen LogP contribution in [0.15, 0.2) is 29.0 Å². The van der Waals surface area contributed by atoms with Gasteiger partial charge in [0.1, 0.15) is 5.52 Å². The third-order valence-corrected chi connectivity index (χ3v) is 3.56. The number of hydrogen-bond acceptors (Lipinski definition) is 4.